The predicted molar refractivity (Wildman–Crippen MR) is 104 cm³/mol. The quantitative estimate of drug-likeness (QED) is 0.808. The first kappa shape index (κ1) is 18.9. The molecule has 0 spiro atoms. The van der Waals surface area contributed by atoms with E-state index in [1.807, 2.05) is 11.0 Å². The zero-order valence-corrected chi connectivity index (χ0v) is 15.9. The van der Waals surface area contributed by atoms with E-state index >= 15 is 0 Å². The third kappa shape index (κ3) is 5.33. The van der Waals surface area contributed by atoms with Crippen LogP contribution in [0.25, 0.3) is 0 Å². The van der Waals surface area contributed by atoms with Crippen LogP contribution in [0.1, 0.15) is 56.9 Å². The van der Waals surface area contributed by atoms with Crippen molar-refractivity contribution in [2.24, 2.45) is 5.92 Å². The van der Waals surface area contributed by atoms with Crippen molar-refractivity contribution in [1.82, 2.24) is 9.80 Å². The third-order valence-corrected chi connectivity index (χ3v) is 5.75. The number of rotatable bonds is 5. The van der Waals surface area contributed by atoms with Gasteiger partial charge in [0.15, 0.2) is 0 Å². The van der Waals surface area contributed by atoms with Crippen molar-refractivity contribution in [2.45, 2.75) is 57.8 Å². The Labute approximate surface area is 157 Å². The van der Waals surface area contributed by atoms with E-state index in [-0.39, 0.29) is 17.7 Å². The van der Waals surface area contributed by atoms with Gasteiger partial charge >= 0.3 is 0 Å². The summed E-state index contributed by atoms with van der Waals surface area (Å²) >= 11 is 0. The van der Waals surface area contributed by atoms with E-state index in [0.717, 1.165) is 51.7 Å². The highest BCUT2D eigenvalue weighted by Crippen LogP contribution is 2.22. The van der Waals surface area contributed by atoms with Gasteiger partial charge in [0, 0.05) is 32.6 Å². The molecule has 1 aromatic carbocycles. The lowest BCUT2D eigenvalue weighted by atomic mass is 9.95. The summed E-state index contributed by atoms with van der Waals surface area (Å²) in [4.78, 5) is 29.2. The van der Waals surface area contributed by atoms with E-state index in [9.17, 15) is 9.59 Å². The lowest BCUT2D eigenvalue weighted by Crippen LogP contribution is -2.48. The second-order valence-corrected chi connectivity index (χ2v) is 7.76. The summed E-state index contributed by atoms with van der Waals surface area (Å²) in [7, 11) is 0. The number of carbonyl (C=O) groups is 2. The summed E-state index contributed by atoms with van der Waals surface area (Å²) in [6.45, 7) is 3.18. The van der Waals surface area contributed by atoms with Crippen LogP contribution < -0.4 is 0 Å². The van der Waals surface area contributed by atoms with E-state index in [1.54, 1.807) is 0 Å². The molecular weight excluding hydrogens is 324 g/mol. The van der Waals surface area contributed by atoms with Gasteiger partial charge in [-0.1, -0.05) is 49.6 Å². The number of carbonyl (C=O) groups excluding carboxylic acids is 2. The van der Waals surface area contributed by atoms with Crippen LogP contribution in [0.15, 0.2) is 30.3 Å². The fraction of sp³-hybridized carbons (Fsp3) is 0.636. The van der Waals surface area contributed by atoms with Crippen molar-refractivity contribution in [1.29, 1.82) is 0 Å². The Kier molecular flexibility index (Phi) is 7.10. The molecule has 0 saturated carbocycles. The molecule has 1 atom stereocenters. The molecule has 0 aliphatic carbocycles. The minimum absolute atomic E-state index is 0.00357. The van der Waals surface area contributed by atoms with Crippen LogP contribution in [0.3, 0.4) is 0 Å². The molecule has 0 bridgehead atoms. The summed E-state index contributed by atoms with van der Waals surface area (Å²) in [5, 5.41) is 0. The fourth-order valence-electron chi connectivity index (χ4n) is 4.18. The summed E-state index contributed by atoms with van der Waals surface area (Å²) in [5.41, 5.74) is 1.31. The lowest BCUT2D eigenvalue weighted by Gasteiger charge is -2.35. The standard InChI is InChI=1S/C22H32N2O2/c25-21-14-13-20(22(26)23-15-7-2-1-3-8-16-23)18-24(21)17-9-12-19-10-5-4-6-11-19/h4-6,10-11,20H,1-3,7-9,12-18H2/t20-/m0/s1. The molecule has 2 aliphatic heterocycles. The van der Waals surface area contributed by atoms with Crippen molar-refractivity contribution in [3.8, 4) is 0 Å². The van der Waals surface area contributed by atoms with Crippen LogP contribution in [0.2, 0.25) is 0 Å². The van der Waals surface area contributed by atoms with Crippen molar-refractivity contribution >= 4 is 11.8 Å². The van der Waals surface area contributed by atoms with Crippen LogP contribution >= 0.6 is 0 Å². The Morgan fingerprint density at radius 1 is 1.00 bits per heavy atom. The molecule has 2 aliphatic rings. The van der Waals surface area contributed by atoms with E-state index in [1.165, 1.54) is 24.8 Å². The first-order chi connectivity index (χ1) is 12.7. The second kappa shape index (κ2) is 9.75. The minimum Gasteiger partial charge on any atom is -0.342 e. The third-order valence-electron chi connectivity index (χ3n) is 5.75. The maximum absolute atomic E-state index is 13.0. The van der Waals surface area contributed by atoms with Crippen LogP contribution in [0.4, 0.5) is 0 Å². The first-order valence-electron chi connectivity index (χ1n) is 10.3. The molecule has 4 nitrogen and oxygen atoms in total. The predicted octanol–water partition coefficient (Wildman–Crippen LogP) is 3.65. The van der Waals surface area contributed by atoms with Gasteiger partial charge in [-0.15, -0.1) is 0 Å². The number of piperidine rings is 1. The Morgan fingerprint density at radius 2 is 1.69 bits per heavy atom. The van der Waals surface area contributed by atoms with E-state index in [2.05, 4.69) is 29.2 Å². The number of nitrogens with zero attached hydrogens (tertiary/aromatic N) is 2. The first-order valence-corrected chi connectivity index (χ1v) is 10.3. The second-order valence-electron chi connectivity index (χ2n) is 7.76. The Balaban J connectivity index is 1.50. The van der Waals surface area contributed by atoms with Gasteiger partial charge < -0.3 is 9.80 Å². The van der Waals surface area contributed by atoms with Gasteiger partial charge in [0.25, 0.3) is 0 Å². The molecule has 0 unspecified atom stereocenters. The van der Waals surface area contributed by atoms with Gasteiger partial charge in [-0.05, 0) is 37.7 Å². The number of benzene rings is 1. The fourth-order valence-corrected chi connectivity index (χ4v) is 4.18. The lowest BCUT2D eigenvalue weighted by molar-refractivity contribution is -0.143. The number of hydrogen-bond donors (Lipinski definition) is 0. The average Bonchev–Trinajstić information content (AvgIpc) is 2.63. The molecule has 2 fully saturated rings. The molecule has 3 rings (SSSR count). The van der Waals surface area contributed by atoms with Crippen LogP contribution in [0.5, 0.6) is 0 Å². The molecule has 0 N–H and O–H groups in total. The molecule has 142 valence electrons. The number of hydrogen-bond acceptors (Lipinski definition) is 2. The summed E-state index contributed by atoms with van der Waals surface area (Å²) in [6, 6.07) is 10.4. The van der Waals surface area contributed by atoms with Gasteiger partial charge in [0.05, 0.1) is 5.92 Å². The van der Waals surface area contributed by atoms with E-state index in [0.29, 0.717) is 13.0 Å². The normalized spacial score (nSPS) is 22.0. The summed E-state index contributed by atoms with van der Waals surface area (Å²) < 4.78 is 0. The number of aryl methyl sites for hydroxylation is 1. The maximum Gasteiger partial charge on any atom is 0.227 e. The monoisotopic (exact) mass is 356 g/mol. The van der Waals surface area contributed by atoms with Gasteiger partial charge in [0.1, 0.15) is 0 Å². The van der Waals surface area contributed by atoms with Crippen molar-refractivity contribution in [3.63, 3.8) is 0 Å². The molecule has 4 heteroatoms. The maximum atomic E-state index is 13.0. The number of likely N-dealkylation sites (tertiary alicyclic amines) is 2. The van der Waals surface area contributed by atoms with Crippen molar-refractivity contribution in [3.05, 3.63) is 35.9 Å². The van der Waals surface area contributed by atoms with Crippen LogP contribution in [-0.4, -0.2) is 47.8 Å². The Morgan fingerprint density at radius 3 is 2.42 bits per heavy atom. The Bertz CT molecular complexity index is 579. The molecular formula is C22H32N2O2. The molecule has 0 aromatic heterocycles. The van der Waals surface area contributed by atoms with Crippen molar-refractivity contribution < 1.29 is 9.59 Å². The zero-order chi connectivity index (χ0) is 18.2. The van der Waals surface area contributed by atoms with E-state index < -0.39 is 0 Å². The van der Waals surface area contributed by atoms with Gasteiger partial charge in [0.2, 0.25) is 11.8 Å². The molecule has 26 heavy (non-hydrogen) atoms. The van der Waals surface area contributed by atoms with Gasteiger partial charge in [-0.3, -0.25) is 9.59 Å². The largest absolute Gasteiger partial charge is 0.342 e. The molecule has 2 amide bonds. The van der Waals surface area contributed by atoms with Crippen LogP contribution in [-0.2, 0) is 16.0 Å². The smallest absolute Gasteiger partial charge is 0.227 e. The number of amides is 2. The molecule has 0 radical (unpaired) electrons. The SMILES string of the molecule is O=C1CC[C@H](C(=O)N2CCCCCCC2)CN1CCCc1ccccc1. The average molecular weight is 357 g/mol. The topological polar surface area (TPSA) is 40.6 Å². The molecule has 2 heterocycles. The van der Waals surface area contributed by atoms with Gasteiger partial charge in [-0.25, -0.2) is 0 Å². The summed E-state index contributed by atoms with van der Waals surface area (Å²) in [6.07, 6.45) is 9.21. The van der Waals surface area contributed by atoms with E-state index in [4.69, 9.17) is 0 Å². The molecule has 1 aromatic rings. The van der Waals surface area contributed by atoms with Gasteiger partial charge in [-0.2, -0.15) is 0 Å². The highest BCUT2D eigenvalue weighted by Gasteiger charge is 2.32. The summed E-state index contributed by atoms with van der Waals surface area (Å²) in [5.74, 6) is 0.506. The minimum atomic E-state index is 0.00357. The molecule has 2 saturated heterocycles. The highest BCUT2D eigenvalue weighted by atomic mass is 16.2. The van der Waals surface area contributed by atoms with Crippen LogP contribution in [0, 0.1) is 5.92 Å². The van der Waals surface area contributed by atoms with Crippen molar-refractivity contribution in [2.75, 3.05) is 26.2 Å². The Hall–Kier alpha value is -1.84. The highest BCUT2D eigenvalue weighted by molar-refractivity contribution is 5.83. The zero-order valence-electron chi connectivity index (χ0n) is 15.9.